The van der Waals surface area contributed by atoms with E-state index in [9.17, 15) is 4.39 Å². The highest BCUT2D eigenvalue weighted by Crippen LogP contribution is 2.24. The Bertz CT molecular complexity index is 640. The van der Waals surface area contributed by atoms with Gasteiger partial charge in [0, 0.05) is 17.3 Å². The molecule has 0 saturated carbocycles. The highest BCUT2D eigenvalue weighted by atomic mass is 19.1. The maximum atomic E-state index is 13.7. The largest absolute Gasteiger partial charge is 0.316 e. The zero-order valence-corrected chi connectivity index (χ0v) is 8.60. The first-order chi connectivity index (χ1) is 7.86. The molecule has 0 aliphatic rings. The van der Waals surface area contributed by atoms with E-state index in [1.807, 2.05) is 47.0 Å². The van der Waals surface area contributed by atoms with Crippen molar-refractivity contribution >= 4 is 5.52 Å². The van der Waals surface area contributed by atoms with Crippen LogP contribution in [0.2, 0.25) is 0 Å². The van der Waals surface area contributed by atoms with Crippen LogP contribution in [0.5, 0.6) is 0 Å². The van der Waals surface area contributed by atoms with Crippen LogP contribution in [0.15, 0.2) is 60.8 Å². The standard InChI is InChI=1S/C14H10FN/c15-13-7-2-1-6-12(13)14-9-8-11-5-3-4-10-16(11)14/h1-10H. The fourth-order valence-corrected chi connectivity index (χ4v) is 1.94. The van der Waals surface area contributed by atoms with Gasteiger partial charge in [-0.3, -0.25) is 0 Å². The summed E-state index contributed by atoms with van der Waals surface area (Å²) in [4.78, 5) is 0. The molecule has 2 heterocycles. The minimum Gasteiger partial charge on any atom is -0.316 e. The van der Waals surface area contributed by atoms with Gasteiger partial charge in [0.15, 0.2) is 0 Å². The Kier molecular flexibility index (Phi) is 2.00. The van der Waals surface area contributed by atoms with Gasteiger partial charge < -0.3 is 4.40 Å². The summed E-state index contributed by atoms with van der Waals surface area (Å²) in [7, 11) is 0. The summed E-state index contributed by atoms with van der Waals surface area (Å²) < 4.78 is 15.7. The van der Waals surface area contributed by atoms with Gasteiger partial charge in [0.2, 0.25) is 0 Å². The Balaban J connectivity index is 2.31. The van der Waals surface area contributed by atoms with E-state index in [1.54, 1.807) is 12.1 Å². The molecule has 1 aromatic carbocycles. The van der Waals surface area contributed by atoms with Crippen molar-refractivity contribution in [2.45, 2.75) is 0 Å². The maximum Gasteiger partial charge on any atom is 0.132 e. The van der Waals surface area contributed by atoms with Crippen LogP contribution >= 0.6 is 0 Å². The van der Waals surface area contributed by atoms with E-state index in [4.69, 9.17) is 0 Å². The lowest BCUT2D eigenvalue weighted by Crippen LogP contribution is -1.89. The van der Waals surface area contributed by atoms with Crippen molar-refractivity contribution in [1.82, 2.24) is 4.40 Å². The predicted molar refractivity (Wildman–Crippen MR) is 62.8 cm³/mol. The molecule has 16 heavy (non-hydrogen) atoms. The lowest BCUT2D eigenvalue weighted by Gasteiger charge is -2.03. The molecule has 0 amide bonds. The normalized spacial score (nSPS) is 10.8. The second-order valence-electron chi connectivity index (χ2n) is 3.69. The van der Waals surface area contributed by atoms with Gasteiger partial charge in [0.25, 0.3) is 0 Å². The number of hydrogen-bond acceptors (Lipinski definition) is 0. The van der Waals surface area contributed by atoms with E-state index in [-0.39, 0.29) is 5.82 Å². The van der Waals surface area contributed by atoms with Crippen molar-refractivity contribution in [3.05, 3.63) is 66.6 Å². The van der Waals surface area contributed by atoms with E-state index in [0.717, 1.165) is 11.2 Å². The van der Waals surface area contributed by atoms with Crippen LogP contribution in [-0.2, 0) is 0 Å². The molecule has 0 aliphatic heterocycles. The smallest absolute Gasteiger partial charge is 0.132 e. The lowest BCUT2D eigenvalue weighted by molar-refractivity contribution is 0.630. The first-order valence-corrected chi connectivity index (χ1v) is 5.17. The van der Waals surface area contributed by atoms with Crippen molar-refractivity contribution in [3.63, 3.8) is 0 Å². The van der Waals surface area contributed by atoms with Crippen LogP contribution in [0.25, 0.3) is 16.8 Å². The zero-order valence-electron chi connectivity index (χ0n) is 8.60. The van der Waals surface area contributed by atoms with E-state index < -0.39 is 0 Å². The monoisotopic (exact) mass is 211 g/mol. The molecule has 0 bridgehead atoms. The third kappa shape index (κ3) is 1.31. The number of hydrogen-bond donors (Lipinski definition) is 0. The summed E-state index contributed by atoms with van der Waals surface area (Å²) in [5.74, 6) is -0.189. The number of rotatable bonds is 1. The van der Waals surface area contributed by atoms with Crippen molar-refractivity contribution in [2.75, 3.05) is 0 Å². The van der Waals surface area contributed by atoms with Gasteiger partial charge in [-0.2, -0.15) is 0 Å². The Morgan fingerprint density at radius 3 is 2.50 bits per heavy atom. The Morgan fingerprint density at radius 1 is 0.812 bits per heavy atom. The van der Waals surface area contributed by atoms with Crippen LogP contribution in [0.3, 0.4) is 0 Å². The molecule has 0 saturated heterocycles. The SMILES string of the molecule is Fc1ccccc1-c1ccc2ccccn12. The summed E-state index contributed by atoms with van der Waals surface area (Å²) in [6, 6.07) is 16.7. The van der Waals surface area contributed by atoms with E-state index in [2.05, 4.69) is 0 Å². The van der Waals surface area contributed by atoms with Crippen LogP contribution in [0.1, 0.15) is 0 Å². The van der Waals surface area contributed by atoms with Crippen molar-refractivity contribution in [1.29, 1.82) is 0 Å². The van der Waals surface area contributed by atoms with Crippen molar-refractivity contribution in [3.8, 4) is 11.3 Å². The van der Waals surface area contributed by atoms with Crippen LogP contribution < -0.4 is 0 Å². The molecular formula is C14H10FN. The molecule has 78 valence electrons. The second kappa shape index (κ2) is 3.49. The summed E-state index contributed by atoms with van der Waals surface area (Å²) in [6.45, 7) is 0. The summed E-state index contributed by atoms with van der Waals surface area (Å²) >= 11 is 0. The minimum atomic E-state index is -0.189. The molecule has 2 aromatic heterocycles. The Hall–Kier alpha value is -2.09. The quantitative estimate of drug-likeness (QED) is 0.577. The van der Waals surface area contributed by atoms with Crippen LogP contribution in [-0.4, -0.2) is 4.40 Å². The molecule has 0 N–H and O–H groups in total. The van der Waals surface area contributed by atoms with Crippen molar-refractivity contribution < 1.29 is 4.39 Å². The molecule has 0 atom stereocenters. The Labute approximate surface area is 92.8 Å². The van der Waals surface area contributed by atoms with Crippen LogP contribution in [0.4, 0.5) is 4.39 Å². The molecule has 3 rings (SSSR count). The topological polar surface area (TPSA) is 4.41 Å². The van der Waals surface area contributed by atoms with Crippen molar-refractivity contribution in [2.24, 2.45) is 0 Å². The average Bonchev–Trinajstić information content (AvgIpc) is 2.74. The second-order valence-corrected chi connectivity index (χ2v) is 3.69. The fraction of sp³-hybridized carbons (Fsp3) is 0. The van der Waals surface area contributed by atoms with Gasteiger partial charge in [-0.05, 0) is 36.4 Å². The van der Waals surface area contributed by atoms with Crippen LogP contribution in [0, 0.1) is 5.82 Å². The van der Waals surface area contributed by atoms with Gasteiger partial charge in [-0.1, -0.05) is 18.2 Å². The first kappa shape index (κ1) is 9.16. The molecule has 1 nitrogen and oxygen atoms in total. The molecule has 0 unspecified atom stereocenters. The molecule has 0 aliphatic carbocycles. The number of nitrogens with zero attached hydrogens (tertiary/aromatic N) is 1. The highest BCUT2D eigenvalue weighted by molar-refractivity contribution is 5.67. The zero-order chi connectivity index (χ0) is 11.0. The summed E-state index contributed by atoms with van der Waals surface area (Å²) in [6.07, 6.45) is 1.94. The van der Waals surface area contributed by atoms with Gasteiger partial charge >= 0.3 is 0 Å². The maximum absolute atomic E-state index is 13.7. The molecule has 3 aromatic rings. The number of halogens is 1. The van der Waals surface area contributed by atoms with Gasteiger partial charge in [-0.15, -0.1) is 0 Å². The van der Waals surface area contributed by atoms with E-state index in [0.29, 0.717) is 5.56 Å². The number of benzene rings is 1. The first-order valence-electron chi connectivity index (χ1n) is 5.17. The average molecular weight is 211 g/mol. The predicted octanol–water partition coefficient (Wildman–Crippen LogP) is 3.75. The third-order valence-corrected chi connectivity index (χ3v) is 2.71. The summed E-state index contributed by atoms with van der Waals surface area (Å²) in [5, 5.41) is 0. The summed E-state index contributed by atoms with van der Waals surface area (Å²) in [5.41, 5.74) is 2.59. The molecule has 0 fully saturated rings. The fourth-order valence-electron chi connectivity index (χ4n) is 1.94. The molecule has 0 radical (unpaired) electrons. The van der Waals surface area contributed by atoms with Gasteiger partial charge in [0.05, 0.1) is 5.69 Å². The van der Waals surface area contributed by atoms with Gasteiger partial charge in [0.1, 0.15) is 5.82 Å². The molecular weight excluding hydrogens is 201 g/mol. The minimum absolute atomic E-state index is 0.189. The number of aromatic nitrogens is 1. The van der Waals surface area contributed by atoms with E-state index in [1.165, 1.54) is 6.07 Å². The lowest BCUT2D eigenvalue weighted by atomic mass is 10.1. The number of fused-ring (bicyclic) bond motifs is 1. The Morgan fingerprint density at radius 2 is 1.62 bits per heavy atom. The third-order valence-electron chi connectivity index (χ3n) is 2.71. The number of pyridine rings is 1. The van der Waals surface area contributed by atoms with Gasteiger partial charge in [-0.25, -0.2) is 4.39 Å². The molecule has 2 heteroatoms. The highest BCUT2D eigenvalue weighted by Gasteiger charge is 2.07. The van der Waals surface area contributed by atoms with E-state index >= 15 is 0 Å². The molecule has 0 spiro atoms.